The normalized spacial score (nSPS) is 11.6. The molecule has 0 atom stereocenters. The highest BCUT2D eigenvalue weighted by atomic mass is 16.5. The molecule has 2 heteroatoms. The second-order valence-corrected chi connectivity index (χ2v) is 5.23. The van der Waals surface area contributed by atoms with Crippen LogP contribution < -0.4 is 4.74 Å². The van der Waals surface area contributed by atoms with Crippen LogP contribution in [-0.2, 0) is 10.2 Å². The fraction of sp³-hybridized carbons (Fsp3) is 0.500. The maximum atomic E-state index is 10.7. The first-order chi connectivity index (χ1) is 7.34. The Morgan fingerprint density at radius 2 is 1.88 bits per heavy atom. The lowest BCUT2D eigenvalue weighted by molar-refractivity contribution is 0.236. The lowest BCUT2D eigenvalue weighted by Crippen LogP contribution is -2.16. The van der Waals surface area contributed by atoms with Crippen molar-refractivity contribution in [2.75, 3.05) is 0 Å². The molecule has 0 saturated carbocycles. The zero-order chi connectivity index (χ0) is 12.3. The lowest BCUT2D eigenvalue weighted by Gasteiger charge is -2.24. The predicted molar refractivity (Wildman–Crippen MR) is 65.7 cm³/mol. The Kier molecular flexibility index (Phi) is 3.74. The van der Waals surface area contributed by atoms with Gasteiger partial charge in [-0.3, -0.25) is 4.79 Å². The summed E-state index contributed by atoms with van der Waals surface area (Å²) < 4.78 is 5.74. The van der Waals surface area contributed by atoms with Crippen LogP contribution in [0.5, 0.6) is 5.75 Å². The van der Waals surface area contributed by atoms with Crippen LogP contribution >= 0.6 is 0 Å². The second kappa shape index (κ2) is 4.69. The number of rotatable bonds is 3. The van der Waals surface area contributed by atoms with Crippen molar-refractivity contribution in [2.45, 2.75) is 46.1 Å². The summed E-state index contributed by atoms with van der Waals surface area (Å²) in [5, 5.41) is 0. The summed E-state index contributed by atoms with van der Waals surface area (Å²) in [4.78, 5) is 10.7. The van der Waals surface area contributed by atoms with Gasteiger partial charge in [-0.15, -0.1) is 0 Å². The van der Waals surface area contributed by atoms with Crippen LogP contribution in [0, 0.1) is 0 Å². The van der Waals surface area contributed by atoms with Crippen molar-refractivity contribution in [1.29, 1.82) is 0 Å². The summed E-state index contributed by atoms with van der Waals surface area (Å²) in [6.07, 6.45) is 2.05. The first-order valence-electron chi connectivity index (χ1n) is 5.54. The van der Waals surface area contributed by atoms with Crippen molar-refractivity contribution < 1.29 is 9.53 Å². The van der Waals surface area contributed by atoms with Crippen molar-refractivity contribution in [1.82, 2.24) is 0 Å². The molecule has 0 unspecified atom stereocenters. The molecule has 0 fully saturated rings. The Morgan fingerprint density at radius 1 is 1.25 bits per heavy atom. The van der Waals surface area contributed by atoms with E-state index >= 15 is 0 Å². The Balaban J connectivity index is 3.22. The average Bonchev–Trinajstić information content (AvgIpc) is 2.15. The van der Waals surface area contributed by atoms with Gasteiger partial charge in [0, 0.05) is 11.1 Å². The molecule has 0 aliphatic carbocycles. The number of carbonyl (C=O) groups excluding carboxylic acids is 1. The quantitative estimate of drug-likeness (QED) is 0.780. The maximum Gasteiger partial charge on any atom is 0.233 e. The summed E-state index contributed by atoms with van der Waals surface area (Å²) in [7, 11) is 0. The third kappa shape index (κ3) is 3.09. The van der Waals surface area contributed by atoms with Gasteiger partial charge >= 0.3 is 0 Å². The number of hydrogen-bond donors (Lipinski definition) is 0. The standard InChI is InChI=1S/C14H19O2/c1-10(2)16-13-7-6-11(9-15)8-12(13)14(3,4)5/h6-8,10H,1-5H3. The van der Waals surface area contributed by atoms with E-state index < -0.39 is 0 Å². The smallest absolute Gasteiger partial charge is 0.233 e. The van der Waals surface area contributed by atoms with Crippen molar-refractivity contribution in [3.05, 3.63) is 29.3 Å². The minimum Gasteiger partial charge on any atom is -0.491 e. The minimum atomic E-state index is -0.0446. The zero-order valence-corrected chi connectivity index (χ0v) is 10.6. The molecule has 0 amide bonds. The average molecular weight is 219 g/mol. The highest BCUT2D eigenvalue weighted by molar-refractivity contribution is 5.76. The SMILES string of the molecule is CC(C)Oc1ccc([C]=O)cc1C(C)(C)C. The third-order valence-corrected chi connectivity index (χ3v) is 2.27. The largest absolute Gasteiger partial charge is 0.491 e. The molecule has 1 rings (SSSR count). The van der Waals surface area contributed by atoms with Crippen LogP contribution in [0.3, 0.4) is 0 Å². The fourth-order valence-electron chi connectivity index (χ4n) is 1.54. The fourth-order valence-corrected chi connectivity index (χ4v) is 1.54. The van der Waals surface area contributed by atoms with Gasteiger partial charge in [0.2, 0.25) is 6.29 Å². The van der Waals surface area contributed by atoms with Gasteiger partial charge in [-0.05, 0) is 37.5 Å². The molecule has 0 aliphatic heterocycles. The molecular weight excluding hydrogens is 200 g/mol. The van der Waals surface area contributed by atoms with Gasteiger partial charge in [0.15, 0.2) is 0 Å². The van der Waals surface area contributed by atoms with Gasteiger partial charge in [0.1, 0.15) is 5.75 Å². The highest BCUT2D eigenvalue weighted by Crippen LogP contribution is 2.32. The topological polar surface area (TPSA) is 26.3 Å². The highest BCUT2D eigenvalue weighted by Gasteiger charge is 2.20. The molecule has 0 spiro atoms. The van der Waals surface area contributed by atoms with Gasteiger partial charge in [0.25, 0.3) is 0 Å². The second-order valence-electron chi connectivity index (χ2n) is 5.23. The minimum absolute atomic E-state index is 0.0446. The molecule has 0 N–H and O–H groups in total. The lowest BCUT2D eigenvalue weighted by atomic mass is 9.85. The van der Waals surface area contributed by atoms with Gasteiger partial charge in [0.05, 0.1) is 6.10 Å². The van der Waals surface area contributed by atoms with Crippen LogP contribution in [0.25, 0.3) is 0 Å². The van der Waals surface area contributed by atoms with E-state index in [1.807, 2.05) is 32.3 Å². The molecular formula is C14H19O2. The molecule has 0 heterocycles. The Morgan fingerprint density at radius 3 is 2.31 bits per heavy atom. The van der Waals surface area contributed by atoms with Crippen molar-refractivity contribution in [3.63, 3.8) is 0 Å². The van der Waals surface area contributed by atoms with E-state index in [0.717, 1.165) is 11.3 Å². The van der Waals surface area contributed by atoms with E-state index in [4.69, 9.17) is 4.74 Å². The molecule has 0 saturated heterocycles. The molecule has 0 aliphatic rings. The van der Waals surface area contributed by atoms with Crippen LogP contribution in [0.2, 0.25) is 0 Å². The van der Waals surface area contributed by atoms with Gasteiger partial charge in [-0.25, -0.2) is 0 Å². The third-order valence-electron chi connectivity index (χ3n) is 2.27. The predicted octanol–water partition coefficient (Wildman–Crippen LogP) is 3.23. The monoisotopic (exact) mass is 219 g/mol. The van der Waals surface area contributed by atoms with Crippen molar-refractivity contribution >= 4 is 6.29 Å². The number of hydrogen-bond acceptors (Lipinski definition) is 2. The van der Waals surface area contributed by atoms with E-state index in [9.17, 15) is 4.79 Å². The summed E-state index contributed by atoms with van der Waals surface area (Å²) in [5.41, 5.74) is 1.57. The molecule has 0 aromatic heterocycles. The summed E-state index contributed by atoms with van der Waals surface area (Å²) >= 11 is 0. The van der Waals surface area contributed by atoms with E-state index in [1.165, 1.54) is 0 Å². The van der Waals surface area contributed by atoms with Crippen LogP contribution in [-0.4, -0.2) is 12.4 Å². The first kappa shape index (κ1) is 12.8. The Hall–Kier alpha value is -1.31. The molecule has 1 aromatic carbocycles. The zero-order valence-electron chi connectivity index (χ0n) is 10.6. The molecule has 2 nitrogen and oxygen atoms in total. The van der Waals surface area contributed by atoms with E-state index in [2.05, 4.69) is 20.8 Å². The Bertz CT molecular complexity index is 373. The van der Waals surface area contributed by atoms with Gasteiger partial charge < -0.3 is 4.74 Å². The van der Waals surface area contributed by atoms with Crippen molar-refractivity contribution in [3.8, 4) is 5.75 Å². The summed E-state index contributed by atoms with van der Waals surface area (Å²) in [6, 6.07) is 5.44. The molecule has 1 radical (unpaired) electrons. The molecule has 16 heavy (non-hydrogen) atoms. The van der Waals surface area contributed by atoms with E-state index in [-0.39, 0.29) is 11.5 Å². The Labute approximate surface area is 97.6 Å². The van der Waals surface area contributed by atoms with Gasteiger partial charge in [-0.2, -0.15) is 0 Å². The maximum absolute atomic E-state index is 10.7. The van der Waals surface area contributed by atoms with Crippen LogP contribution in [0.4, 0.5) is 0 Å². The molecule has 0 bridgehead atoms. The van der Waals surface area contributed by atoms with E-state index in [0.29, 0.717) is 5.56 Å². The number of ether oxygens (including phenoxy) is 1. The van der Waals surface area contributed by atoms with E-state index in [1.54, 1.807) is 6.07 Å². The molecule has 87 valence electrons. The summed E-state index contributed by atoms with van der Waals surface area (Å²) in [6.45, 7) is 10.3. The summed E-state index contributed by atoms with van der Waals surface area (Å²) in [5.74, 6) is 0.849. The van der Waals surface area contributed by atoms with Crippen LogP contribution in [0.15, 0.2) is 18.2 Å². The van der Waals surface area contributed by atoms with Crippen molar-refractivity contribution in [2.24, 2.45) is 0 Å². The van der Waals surface area contributed by atoms with Gasteiger partial charge in [-0.1, -0.05) is 20.8 Å². The van der Waals surface area contributed by atoms with Crippen LogP contribution in [0.1, 0.15) is 45.7 Å². The number of benzene rings is 1. The first-order valence-corrected chi connectivity index (χ1v) is 5.54. The molecule has 1 aromatic rings.